The molecular weight excluding hydrogens is 192 g/mol. The van der Waals surface area contributed by atoms with Crippen molar-refractivity contribution in [1.29, 1.82) is 0 Å². The van der Waals surface area contributed by atoms with Gasteiger partial charge < -0.3 is 5.11 Å². The van der Waals surface area contributed by atoms with Crippen molar-refractivity contribution in [2.24, 2.45) is 0 Å². The summed E-state index contributed by atoms with van der Waals surface area (Å²) in [5.41, 5.74) is 0.539. The second kappa shape index (κ2) is 2.74. The summed E-state index contributed by atoms with van der Waals surface area (Å²) in [4.78, 5) is 14.5. The van der Waals surface area contributed by atoms with Crippen molar-refractivity contribution in [3.05, 3.63) is 29.7 Å². The second-order valence-electron chi connectivity index (χ2n) is 2.53. The Hall–Kier alpha value is -1.55. The summed E-state index contributed by atoms with van der Waals surface area (Å²) in [6.45, 7) is 0. The molecule has 1 N–H and O–H groups in total. The van der Waals surface area contributed by atoms with Crippen molar-refractivity contribution in [3.8, 4) is 0 Å². The molecule has 0 bridgehead atoms. The lowest BCUT2D eigenvalue weighted by Crippen LogP contribution is -2.05. The number of hydrogen-bond donors (Lipinski definition) is 1. The van der Waals surface area contributed by atoms with E-state index in [0.29, 0.717) is 10.7 Å². The van der Waals surface area contributed by atoms with Crippen LogP contribution in [0.4, 0.5) is 4.79 Å². The minimum atomic E-state index is -1.03. The molecule has 66 valence electrons. The molecule has 0 atom stereocenters. The lowest BCUT2D eigenvalue weighted by molar-refractivity contribution is 0.197. The van der Waals surface area contributed by atoms with Crippen LogP contribution in [0.2, 0.25) is 5.15 Å². The number of rotatable bonds is 0. The first-order valence-corrected chi connectivity index (χ1v) is 3.92. The fourth-order valence-electron chi connectivity index (χ4n) is 1.17. The van der Waals surface area contributed by atoms with Gasteiger partial charge in [0.05, 0.1) is 11.7 Å². The monoisotopic (exact) mass is 196 g/mol. The Morgan fingerprint density at radius 2 is 2.38 bits per heavy atom. The Morgan fingerprint density at radius 1 is 1.62 bits per heavy atom. The Balaban J connectivity index is 2.76. The Morgan fingerprint density at radius 3 is 3.08 bits per heavy atom. The summed E-state index contributed by atoms with van der Waals surface area (Å²) >= 11 is 5.64. The molecule has 2 heterocycles. The third kappa shape index (κ3) is 1.25. The first kappa shape index (κ1) is 8.07. The Kier molecular flexibility index (Phi) is 1.70. The maximum Gasteiger partial charge on any atom is 0.416 e. The van der Waals surface area contributed by atoms with Gasteiger partial charge in [-0.2, -0.15) is 0 Å². The molecule has 0 fully saturated rings. The van der Waals surface area contributed by atoms with E-state index in [1.165, 1.54) is 12.4 Å². The average molecular weight is 197 g/mol. The van der Waals surface area contributed by atoms with Crippen LogP contribution >= 0.6 is 11.6 Å². The third-order valence-electron chi connectivity index (χ3n) is 1.75. The highest BCUT2D eigenvalue weighted by molar-refractivity contribution is 6.30. The van der Waals surface area contributed by atoms with Crippen LogP contribution in [0.3, 0.4) is 0 Å². The second-order valence-corrected chi connectivity index (χ2v) is 2.92. The van der Waals surface area contributed by atoms with Gasteiger partial charge in [0.25, 0.3) is 0 Å². The van der Waals surface area contributed by atoms with Crippen LogP contribution in [-0.4, -0.2) is 20.8 Å². The molecule has 0 aromatic carbocycles. The van der Waals surface area contributed by atoms with Crippen molar-refractivity contribution in [2.75, 3.05) is 0 Å². The fourth-order valence-corrected chi connectivity index (χ4v) is 1.34. The number of fused-ring (bicyclic) bond motifs is 1. The molecule has 0 saturated carbocycles. The molecule has 2 rings (SSSR count). The third-order valence-corrected chi connectivity index (χ3v) is 1.96. The number of halogens is 1. The first-order valence-electron chi connectivity index (χ1n) is 3.54. The summed E-state index contributed by atoms with van der Waals surface area (Å²) in [6, 6.07) is 3.30. The van der Waals surface area contributed by atoms with Gasteiger partial charge in [-0.25, -0.2) is 9.78 Å². The van der Waals surface area contributed by atoms with Crippen molar-refractivity contribution >= 4 is 28.6 Å². The first-order chi connectivity index (χ1) is 6.18. The van der Waals surface area contributed by atoms with E-state index in [4.69, 9.17) is 16.7 Å². The van der Waals surface area contributed by atoms with E-state index in [1.807, 2.05) is 0 Å². The summed E-state index contributed by atoms with van der Waals surface area (Å²) in [6.07, 6.45) is 1.87. The van der Waals surface area contributed by atoms with Crippen LogP contribution in [0.1, 0.15) is 0 Å². The van der Waals surface area contributed by atoms with Gasteiger partial charge >= 0.3 is 6.09 Å². The standard InChI is InChI=1S/C8H5ClN2O2/c9-7-3-5-1-2-11(8(12)13)6(5)4-10-7/h1-4H,(H,12,13). The molecule has 0 unspecified atom stereocenters. The number of carboxylic acid groups (broad SMARTS) is 1. The van der Waals surface area contributed by atoms with Crippen molar-refractivity contribution in [3.63, 3.8) is 0 Å². The minimum absolute atomic E-state index is 0.357. The topological polar surface area (TPSA) is 55.1 Å². The van der Waals surface area contributed by atoms with Gasteiger partial charge in [-0.05, 0) is 12.1 Å². The van der Waals surface area contributed by atoms with Crippen LogP contribution in [-0.2, 0) is 0 Å². The highest BCUT2D eigenvalue weighted by atomic mass is 35.5. The molecule has 4 nitrogen and oxygen atoms in total. The zero-order valence-electron chi connectivity index (χ0n) is 6.44. The van der Waals surface area contributed by atoms with Crippen LogP contribution in [0.15, 0.2) is 24.5 Å². The number of nitrogens with zero attached hydrogens (tertiary/aromatic N) is 2. The average Bonchev–Trinajstić information content (AvgIpc) is 2.46. The van der Waals surface area contributed by atoms with Gasteiger partial charge in [0.15, 0.2) is 0 Å². The van der Waals surface area contributed by atoms with Crippen LogP contribution in [0.25, 0.3) is 10.9 Å². The smallest absolute Gasteiger partial charge is 0.416 e. The largest absolute Gasteiger partial charge is 0.464 e. The molecule has 0 saturated heterocycles. The van der Waals surface area contributed by atoms with E-state index in [1.54, 1.807) is 12.1 Å². The Labute approximate surface area is 78.4 Å². The van der Waals surface area contributed by atoms with Gasteiger partial charge in [-0.1, -0.05) is 11.6 Å². The molecule has 13 heavy (non-hydrogen) atoms. The zero-order chi connectivity index (χ0) is 9.42. The number of pyridine rings is 1. The van der Waals surface area contributed by atoms with Gasteiger partial charge in [-0.3, -0.25) is 4.57 Å². The molecule has 5 heteroatoms. The van der Waals surface area contributed by atoms with Gasteiger partial charge in [-0.15, -0.1) is 0 Å². The van der Waals surface area contributed by atoms with Gasteiger partial charge in [0, 0.05) is 11.6 Å². The van der Waals surface area contributed by atoms with Crippen molar-refractivity contribution in [2.45, 2.75) is 0 Å². The minimum Gasteiger partial charge on any atom is -0.464 e. The maximum atomic E-state index is 10.7. The molecule has 0 spiro atoms. The summed E-state index contributed by atoms with van der Waals surface area (Å²) in [5.74, 6) is 0. The summed E-state index contributed by atoms with van der Waals surface area (Å²) < 4.78 is 1.10. The van der Waals surface area contributed by atoms with Crippen LogP contribution in [0, 0.1) is 0 Å². The maximum absolute atomic E-state index is 10.7. The van der Waals surface area contributed by atoms with E-state index in [9.17, 15) is 4.79 Å². The van der Waals surface area contributed by atoms with E-state index in [0.717, 1.165) is 9.95 Å². The fraction of sp³-hybridized carbons (Fsp3) is 0. The van der Waals surface area contributed by atoms with Gasteiger partial charge in [0.2, 0.25) is 0 Å². The molecule has 0 radical (unpaired) electrons. The van der Waals surface area contributed by atoms with E-state index in [-0.39, 0.29) is 0 Å². The molecule has 0 amide bonds. The normalized spacial score (nSPS) is 10.5. The number of carbonyl (C=O) groups is 1. The summed E-state index contributed by atoms with van der Waals surface area (Å²) in [7, 11) is 0. The molecule has 0 aliphatic rings. The molecule has 0 aliphatic carbocycles. The highest BCUT2D eigenvalue weighted by Gasteiger charge is 2.06. The van der Waals surface area contributed by atoms with E-state index < -0.39 is 6.09 Å². The predicted molar refractivity (Wildman–Crippen MR) is 48.2 cm³/mol. The zero-order valence-corrected chi connectivity index (χ0v) is 7.19. The van der Waals surface area contributed by atoms with Crippen LogP contribution < -0.4 is 0 Å². The van der Waals surface area contributed by atoms with E-state index in [2.05, 4.69) is 4.98 Å². The van der Waals surface area contributed by atoms with Crippen molar-refractivity contribution in [1.82, 2.24) is 9.55 Å². The number of hydrogen-bond acceptors (Lipinski definition) is 2. The molecular formula is C8H5ClN2O2. The lowest BCUT2D eigenvalue weighted by atomic mass is 10.3. The SMILES string of the molecule is O=C(O)n1ccc2cc(Cl)ncc21. The molecule has 2 aromatic heterocycles. The predicted octanol–water partition coefficient (Wildman–Crippen LogP) is 2.22. The lowest BCUT2D eigenvalue weighted by Gasteiger charge is -1.96. The molecule has 2 aromatic rings. The van der Waals surface area contributed by atoms with E-state index >= 15 is 0 Å². The number of aromatic nitrogens is 2. The highest BCUT2D eigenvalue weighted by Crippen LogP contribution is 2.17. The van der Waals surface area contributed by atoms with Crippen molar-refractivity contribution < 1.29 is 9.90 Å². The molecule has 0 aliphatic heterocycles. The quantitative estimate of drug-likeness (QED) is 0.658. The van der Waals surface area contributed by atoms with Gasteiger partial charge in [0.1, 0.15) is 5.15 Å². The summed E-state index contributed by atoms with van der Waals surface area (Å²) in [5, 5.41) is 9.87. The van der Waals surface area contributed by atoms with Crippen LogP contribution in [0.5, 0.6) is 0 Å². The Bertz CT molecular complexity index is 478.